The van der Waals surface area contributed by atoms with Crippen LogP contribution in [0.4, 0.5) is 0 Å². The number of likely N-dealkylation sites (tertiary alicyclic amines) is 1. The molecule has 1 unspecified atom stereocenters. The van der Waals surface area contributed by atoms with Gasteiger partial charge in [-0.2, -0.15) is 0 Å². The maximum absolute atomic E-state index is 13.0. The second-order valence-corrected chi connectivity index (χ2v) is 7.16. The van der Waals surface area contributed by atoms with E-state index in [0.29, 0.717) is 36.0 Å². The molecule has 2 aromatic heterocycles. The molecule has 0 spiro atoms. The molecule has 0 bridgehead atoms. The number of furan rings is 1. The van der Waals surface area contributed by atoms with Gasteiger partial charge in [-0.3, -0.25) is 14.6 Å². The number of hydrogen-bond acceptors (Lipinski definition) is 7. The van der Waals surface area contributed by atoms with E-state index in [1.165, 1.54) is 11.2 Å². The van der Waals surface area contributed by atoms with Crippen molar-refractivity contribution < 1.29 is 28.6 Å². The number of ether oxygens (including phenoxy) is 2. The molecule has 1 aromatic carbocycles. The number of pyridine rings is 1. The summed E-state index contributed by atoms with van der Waals surface area (Å²) >= 11 is 0. The monoisotopic (exact) mass is 418 g/mol. The summed E-state index contributed by atoms with van der Waals surface area (Å²) in [7, 11) is 0. The third-order valence-corrected chi connectivity index (χ3v) is 5.24. The highest BCUT2D eigenvalue weighted by Crippen LogP contribution is 2.41. The van der Waals surface area contributed by atoms with Gasteiger partial charge in [0.1, 0.15) is 30.8 Å². The van der Waals surface area contributed by atoms with Gasteiger partial charge in [0.05, 0.1) is 11.8 Å². The van der Waals surface area contributed by atoms with Crippen LogP contribution in [0.15, 0.2) is 71.1 Å². The van der Waals surface area contributed by atoms with Crippen molar-refractivity contribution in [3.63, 3.8) is 0 Å². The Morgan fingerprint density at radius 3 is 2.68 bits per heavy atom. The molecule has 0 saturated carbocycles. The van der Waals surface area contributed by atoms with Gasteiger partial charge in [-0.05, 0) is 42.0 Å². The highest BCUT2D eigenvalue weighted by molar-refractivity contribution is 6.46. The van der Waals surface area contributed by atoms with Crippen molar-refractivity contribution in [2.75, 3.05) is 13.2 Å². The lowest BCUT2D eigenvalue weighted by Crippen LogP contribution is -2.29. The van der Waals surface area contributed by atoms with E-state index in [1.54, 1.807) is 48.8 Å². The Morgan fingerprint density at radius 2 is 1.94 bits per heavy atom. The Kier molecular flexibility index (Phi) is 4.66. The Labute approximate surface area is 177 Å². The number of hydrogen-bond donors (Lipinski definition) is 1. The topological polar surface area (TPSA) is 102 Å². The molecule has 8 heteroatoms. The molecule has 8 nitrogen and oxygen atoms in total. The summed E-state index contributed by atoms with van der Waals surface area (Å²) in [6, 6.07) is 10.9. The molecule has 2 aliphatic rings. The minimum atomic E-state index is -0.872. The van der Waals surface area contributed by atoms with E-state index in [-0.39, 0.29) is 17.9 Å². The third-order valence-electron chi connectivity index (χ3n) is 5.24. The molecular formula is C23H18N2O6. The standard InChI is InChI=1S/C23H18N2O6/c26-21(15-5-6-16-18(11-15)31-10-9-30-16)19-20(17-4-2-8-29-17)25(23(28)22(19)27)13-14-3-1-7-24-12-14/h1-8,11-12,20,26H,9-10,13H2/b21-19+. The molecular weight excluding hydrogens is 400 g/mol. The number of benzene rings is 1. The number of carbonyl (C=O) groups is 2. The van der Waals surface area contributed by atoms with Crippen molar-refractivity contribution >= 4 is 17.4 Å². The van der Waals surface area contributed by atoms with Gasteiger partial charge < -0.3 is 23.9 Å². The first kappa shape index (κ1) is 18.9. The third kappa shape index (κ3) is 3.31. The summed E-state index contributed by atoms with van der Waals surface area (Å²) in [5, 5.41) is 11.1. The van der Waals surface area contributed by atoms with Crippen molar-refractivity contribution in [3.05, 3.63) is 83.6 Å². The second kappa shape index (κ2) is 7.64. The van der Waals surface area contributed by atoms with E-state index < -0.39 is 17.7 Å². The number of amides is 1. The van der Waals surface area contributed by atoms with Crippen LogP contribution < -0.4 is 9.47 Å². The lowest BCUT2D eigenvalue weighted by molar-refractivity contribution is -0.140. The number of aromatic nitrogens is 1. The maximum atomic E-state index is 13.0. The average molecular weight is 418 g/mol. The molecule has 1 atom stereocenters. The fraction of sp³-hybridized carbons (Fsp3) is 0.174. The average Bonchev–Trinajstić information content (AvgIpc) is 3.42. The first-order chi connectivity index (χ1) is 15.1. The summed E-state index contributed by atoms with van der Waals surface area (Å²) in [5.41, 5.74) is 1.06. The number of fused-ring (bicyclic) bond motifs is 1. The van der Waals surface area contributed by atoms with Gasteiger partial charge >= 0.3 is 0 Å². The van der Waals surface area contributed by atoms with E-state index in [9.17, 15) is 14.7 Å². The van der Waals surface area contributed by atoms with E-state index >= 15 is 0 Å². The van der Waals surface area contributed by atoms with Crippen LogP contribution in [0.2, 0.25) is 0 Å². The number of rotatable bonds is 4. The number of aliphatic hydroxyl groups is 1. The second-order valence-electron chi connectivity index (χ2n) is 7.16. The van der Waals surface area contributed by atoms with Crippen LogP contribution >= 0.6 is 0 Å². The fourth-order valence-corrected chi connectivity index (χ4v) is 3.82. The quantitative estimate of drug-likeness (QED) is 0.395. The van der Waals surface area contributed by atoms with Crippen LogP contribution in [0.1, 0.15) is 22.9 Å². The van der Waals surface area contributed by atoms with Gasteiger partial charge in [0.2, 0.25) is 0 Å². The van der Waals surface area contributed by atoms with Gasteiger partial charge in [0.25, 0.3) is 11.7 Å². The Bertz CT molecular complexity index is 1170. The smallest absolute Gasteiger partial charge is 0.296 e. The van der Waals surface area contributed by atoms with Gasteiger partial charge in [0, 0.05) is 24.5 Å². The number of Topliss-reactive ketones (excluding diaryl/α,β-unsaturated/α-hetero) is 1. The summed E-state index contributed by atoms with van der Waals surface area (Å²) in [6.07, 6.45) is 4.71. The first-order valence-electron chi connectivity index (χ1n) is 9.74. The first-order valence-corrected chi connectivity index (χ1v) is 9.74. The van der Waals surface area contributed by atoms with Crippen LogP contribution in [-0.4, -0.2) is 39.9 Å². The normalized spacial score (nSPS) is 19.6. The molecule has 1 fully saturated rings. The molecule has 31 heavy (non-hydrogen) atoms. The van der Waals surface area contributed by atoms with E-state index in [4.69, 9.17) is 13.9 Å². The molecule has 156 valence electrons. The van der Waals surface area contributed by atoms with Crippen molar-refractivity contribution in [1.82, 2.24) is 9.88 Å². The van der Waals surface area contributed by atoms with Crippen LogP contribution in [0.3, 0.4) is 0 Å². The van der Waals surface area contributed by atoms with Crippen molar-refractivity contribution in [1.29, 1.82) is 0 Å². The van der Waals surface area contributed by atoms with E-state index in [1.807, 2.05) is 6.07 Å². The molecule has 1 amide bonds. The van der Waals surface area contributed by atoms with Crippen molar-refractivity contribution in [3.8, 4) is 11.5 Å². The van der Waals surface area contributed by atoms with Crippen LogP contribution in [-0.2, 0) is 16.1 Å². The molecule has 0 radical (unpaired) electrons. The molecule has 1 N–H and O–H groups in total. The minimum absolute atomic E-state index is 0.0412. The number of aliphatic hydroxyl groups excluding tert-OH is 1. The largest absolute Gasteiger partial charge is 0.507 e. The molecule has 3 aromatic rings. The Hall–Kier alpha value is -4.07. The minimum Gasteiger partial charge on any atom is -0.507 e. The number of ketones is 1. The summed E-state index contributed by atoms with van der Waals surface area (Å²) in [4.78, 5) is 31.4. The van der Waals surface area contributed by atoms with E-state index in [0.717, 1.165) is 5.56 Å². The van der Waals surface area contributed by atoms with Crippen molar-refractivity contribution in [2.24, 2.45) is 0 Å². The number of nitrogens with zero attached hydrogens (tertiary/aromatic N) is 2. The van der Waals surface area contributed by atoms with Gasteiger partial charge in [-0.25, -0.2) is 0 Å². The van der Waals surface area contributed by atoms with Crippen molar-refractivity contribution in [2.45, 2.75) is 12.6 Å². The Balaban J connectivity index is 1.60. The van der Waals surface area contributed by atoms with Crippen LogP contribution in [0.5, 0.6) is 11.5 Å². The summed E-state index contributed by atoms with van der Waals surface area (Å²) in [5.74, 6) is -0.397. The number of carbonyl (C=O) groups excluding carboxylic acids is 2. The molecule has 0 aliphatic carbocycles. The SMILES string of the molecule is O=C1C(=O)N(Cc2cccnc2)C(c2ccco2)/C1=C(\O)c1ccc2c(c1)OCCO2. The van der Waals surface area contributed by atoms with Crippen LogP contribution in [0, 0.1) is 0 Å². The fourth-order valence-electron chi connectivity index (χ4n) is 3.82. The molecule has 1 saturated heterocycles. The Morgan fingerprint density at radius 1 is 1.10 bits per heavy atom. The van der Waals surface area contributed by atoms with Gasteiger partial charge in [0.15, 0.2) is 11.5 Å². The van der Waals surface area contributed by atoms with Crippen LogP contribution in [0.25, 0.3) is 5.76 Å². The zero-order chi connectivity index (χ0) is 21.4. The van der Waals surface area contributed by atoms with E-state index in [2.05, 4.69) is 4.98 Å². The predicted octanol–water partition coefficient (Wildman–Crippen LogP) is 3.07. The summed E-state index contributed by atoms with van der Waals surface area (Å²) < 4.78 is 16.6. The zero-order valence-corrected chi connectivity index (χ0v) is 16.4. The lowest BCUT2D eigenvalue weighted by Gasteiger charge is -2.23. The predicted molar refractivity (Wildman–Crippen MR) is 108 cm³/mol. The van der Waals surface area contributed by atoms with Gasteiger partial charge in [-0.1, -0.05) is 6.07 Å². The lowest BCUT2D eigenvalue weighted by atomic mass is 9.99. The van der Waals surface area contributed by atoms with Gasteiger partial charge in [-0.15, -0.1) is 0 Å². The molecule has 2 aliphatic heterocycles. The molecule has 5 rings (SSSR count). The highest BCUT2D eigenvalue weighted by Gasteiger charge is 2.47. The zero-order valence-electron chi connectivity index (χ0n) is 16.4. The summed E-state index contributed by atoms with van der Waals surface area (Å²) in [6.45, 7) is 0.969. The maximum Gasteiger partial charge on any atom is 0.296 e. The molecule has 4 heterocycles. The highest BCUT2D eigenvalue weighted by atomic mass is 16.6.